The Bertz CT molecular complexity index is 457. The van der Waals surface area contributed by atoms with Crippen LogP contribution in [-0.4, -0.2) is 24.3 Å². The zero-order valence-corrected chi connectivity index (χ0v) is 10.1. The lowest BCUT2D eigenvalue weighted by Gasteiger charge is -2.08. The second-order valence-electron chi connectivity index (χ2n) is 4.13. The van der Waals surface area contributed by atoms with Gasteiger partial charge in [0.05, 0.1) is 5.71 Å². The summed E-state index contributed by atoms with van der Waals surface area (Å²) in [4.78, 5) is 16.8. The molecule has 0 bridgehead atoms. The van der Waals surface area contributed by atoms with Gasteiger partial charge < -0.3 is 10.2 Å². The van der Waals surface area contributed by atoms with Gasteiger partial charge in [-0.25, -0.2) is 4.39 Å². The number of amides is 1. The van der Waals surface area contributed by atoms with Crippen molar-refractivity contribution in [2.45, 2.75) is 25.9 Å². The molecule has 0 spiro atoms. The molecule has 0 unspecified atom stereocenters. The fourth-order valence-corrected chi connectivity index (χ4v) is 1.69. The van der Waals surface area contributed by atoms with Gasteiger partial charge in [-0.2, -0.15) is 0 Å². The molecule has 0 radical (unpaired) electrons. The van der Waals surface area contributed by atoms with Gasteiger partial charge in [0.1, 0.15) is 5.82 Å². The Morgan fingerprint density at radius 2 is 2.22 bits per heavy atom. The Balaban J connectivity index is 1.95. The van der Waals surface area contributed by atoms with Crippen molar-refractivity contribution >= 4 is 11.6 Å². The standard InChI is InChI=1S/C13H15FN2O2/c1-2-7-15-13(17)12-8-11(16-18-12)9-3-5-10(14)6-4-9/h3-6,12H,2,7-8H2,1H3,(H,15,17)/t12-/m0/s1. The van der Waals surface area contributed by atoms with Crippen LogP contribution in [0, 0.1) is 5.82 Å². The lowest BCUT2D eigenvalue weighted by Crippen LogP contribution is -2.35. The van der Waals surface area contributed by atoms with E-state index in [1.54, 1.807) is 12.1 Å². The van der Waals surface area contributed by atoms with Gasteiger partial charge in [0.2, 0.25) is 6.10 Å². The zero-order valence-electron chi connectivity index (χ0n) is 10.1. The van der Waals surface area contributed by atoms with Gasteiger partial charge >= 0.3 is 0 Å². The monoisotopic (exact) mass is 250 g/mol. The van der Waals surface area contributed by atoms with Crippen molar-refractivity contribution in [3.63, 3.8) is 0 Å². The van der Waals surface area contributed by atoms with Gasteiger partial charge in [-0.3, -0.25) is 4.79 Å². The van der Waals surface area contributed by atoms with Crippen molar-refractivity contribution in [1.29, 1.82) is 0 Å². The van der Waals surface area contributed by atoms with Gasteiger partial charge in [-0.05, 0) is 24.1 Å². The Morgan fingerprint density at radius 3 is 2.89 bits per heavy atom. The van der Waals surface area contributed by atoms with Crippen molar-refractivity contribution in [1.82, 2.24) is 5.32 Å². The Kier molecular flexibility index (Phi) is 3.92. The van der Waals surface area contributed by atoms with Crippen LogP contribution in [0.25, 0.3) is 0 Å². The molecule has 96 valence electrons. The lowest BCUT2D eigenvalue weighted by molar-refractivity contribution is -0.131. The molecular weight excluding hydrogens is 235 g/mol. The molecule has 1 aromatic carbocycles. The van der Waals surface area contributed by atoms with Crippen LogP contribution in [-0.2, 0) is 9.63 Å². The van der Waals surface area contributed by atoms with E-state index in [0.717, 1.165) is 12.0 Å². The van der Waals surface area contributed by atoms with E-state index in [9.17, 15) is 9.18 Å². The Hall–Kier alpha value is -1.91. The topological polar surface area (TPSA) is 50.7 Å². The largest absolute Gasteiger partial charge is 0.382 e. The van der Waals surface area contributed by atoms with E-state index < -0.39 is 6.10 Å². The molecule has 1 aromatic rings. The van der Waals surface area contributed by atoms with Gasteiger partial charge in [0.25, 0.3) is 5.91 Å². The second-order valence-corrected chi connectivity index (χ2v) is 4.13. The molecule has 1 amide bonds. The zero-order chi connectivity index (χ0) is 13.0. The van der Waals surface area contributed by atoms with Crippen LogP contribution in [0.3, 0.4) is 0 Å². The van der Waals surface area contributed by atoms with Crippen LogP contribution < -0.4 is 5.32 Å². The van der Waals surface area contributed by atoms with E-state index in [2.05, 4.69) is 10.5 Å². The van der Waals surface area contributed by atoms with Crippen molar-refractivity contribution in [2.75, 3.05) is 6.54 Å². The lowest BCUT2D eigenvalue weighted by atomic mass is 10.0. The first kappa shape index (κ1) is 12.5. The molecular formula is C13H15FN2O2. The average molecular weight is 250 g/mol. The van der Waals surface area contributed by atoms with Crippen LogP contribution in [0.15, 0.2) is 29.4 Å². The summed E-state index contributed by atoms with van der Waals surface area (Å²) >= 11 is 0. The fourth-order valence-electron chi connectivity index (χ4n) is 1.69. The second kappa shape index (κ2) is 5.62. The number of hydrogen-bond acceptors (Lipinski definition) is 3. The van der Waals surface area contributed by atoms with Crippen molar-refractivity contribution in [3.8, 4) is 0 Å². The van der Waals surface area contributed by atoms with Gasteiger partial charge in [-0.15, -0.1) is 0 Å². The molecule has 2 rings (SSSR count). The first-order valence-corrected chi connectivity index (χ1v) is 5.97. The average Bonchev–Trinajstić information content (AvgIpc) is 2.86. The Morgan fingerprint density at radius 1 is 1.50 bits per heavy atom. The summed E-state index contributed by atoms with van der Waals surface area (Å²) in [6, 6.07) is 5.98. The predicted molar refractivity (Wildman–Crippen MR) is 65.7 cm³/mol. The summed E-state index contributed by atoms with van der Waals surface area (Å²) in [5.41, 5.74) is 1.45. The van der Waals surface area contributed by atoms with Crippen molar-refractivity contribution in [3.05, 3.63) is 35.6 Å². The molecule has 0 saturated carbocycles. The third kappa shape index (κ3) is 2.85. The Labute approximate surface area is 105 Å². The van der Waals surface area contributed by atoms with Crippen LogP contribution in [0.4, 0.5) is 4.39 Å². The van der Waals surface area contributed by atoms with Gasteiger partial charge in [0, 0.05) is 13.0 Å². The van der Waals surface area contributed by atoms with E-state index in [4.69, 9.17) is 4.84 Å². The van der Waals surface area contributed by atoms with E-state index in [1.807, 2.05) is 6.92 Å². The third-order valence-corrected chi connectivity index (χ3v) is 2.69. The predicted octanol–water partition coefficient (Wildman–Crippen LogP) is 1.84. The SMILES string of the molecule is CCCNC(=O)[C@@H]1CC(c2ccc(F)cc2)=NO1. The number of nitrogens with one attached hydrogen (secondary N) is 1. The van der Waals surface area contributed by atoms with E-state index >= 15 is 0 Å². The quantitative estimate of drug-likeness (QED) is 0.886. The highest BCUT2D eigenvalue weighted by molar-refractivity contribution is 6.04. The fraction of sp³-hybridized carbons (Fsp3) is 0.385. The highest BCUT2D eigenvalue weighted by Gasteiger charge is 2.28. The molecule has 0 fully saturated rings. The maximum atomic E-state index is 12.8. The summed E-state index contributed by atoms with van der Waals surface area (Å²) in [7, 11) is 0. The molecule has 1 aliphatic heterocycles. The summed E-state index contributed by atoms with van der Waals surface area (Å²) < 4.78 is 12.8. The minimum Gasteiger partial charge on any atom is -0.382 e. The van der Waals surface area contributed by atoms with Crippen LogP contribution >= 0.6 is 0 Å². The molecule has 1 N–H and O–H groups in total. The van der Waals surface area contributed by atoms with Crippen LogP contribution in [0.5, 0.6) is 0 Å². The van der Waals surface area contributed by atoms with Crippen molar-refractivity contribution in [2.24, 2.45) is 5.16 Å². The number of oxime groups is 1. The van der Waals surface area contributed by atoms with Gasteiger partial charge in [-0.1, -0.05) is 24.2 Å². The smallest absolute Gasteiger partial charge is 0.264 e. The number of halogens is 1. The third-order valence-electron chi connectivity index (χ3n) is 2.69. The normalized spacial score (nSPS) is 18.1. The minimum atomic E-state index is -0.573. The molecule has 0 aromatic heterocycles. The molecule has 4 nitrogen and oxygen atoms in total. The van der Waals surface area contributed by atoms with Crippen LogP contribution in [0.1, 0.15) is 25.3 Å². The first-order valence-electron chi connectivity index (χ1n) is 5.97. The van der Waals surface area contributed by atoms with E-state index in [0.29, 0.717) is 18.7 Å². The highest BCUT2D eigenvalue weighted by Crippen LogP contribution is 2.17. The molecule has 1 atom stereocenters. The van der Waals surface area contributed by atoms with Gasteiger partial charge in [0.15, 0.2) is 0 Å². The number of carbonyl (C=O) groups is 1. The number of nitrogens with zero attached hydrogens (tertiary/aromatic N) is 1. The maximum Gasteiger partial charge on any atom is 0.264 e. The summed E-state index contributed by atoms with van der Waals surface area (Å²) in [5.74, 6) is -0.451. The van der Waals surface area contributed by atoms with E-state index in [1.165, 1.54) is 12.1 Å². The summed E-state index contributed by atoms with van der Waals surface area (Å²) in [5, 5.41) is 6.64. The molecule has 1 heterocycles. The first-order chi connectivity index (χ1) is 8.70. The summed E-state index contributed by atoms with van der Waals surface area (Å²) in [6.07, 6.45) is 0.724. The van der Waals surface area contributed by atoms with Crippen molar-refractivity contribution < 1.29 is 14.0 Å². The molecule has 1 aliphatic rings. The number of rotatable bonds is 4. The minimum absolute atomic E-state index is 0.155. The number of benzene rings is 1. The molecule has 0 saturated heterocycles. The van der Waals surface area contributed by atoms with Crippen LogP contribution in [0.2, 0.25) is 0 Å². The molecule has 5 heteroatoms. The maximum absolute atomic E-state index is 12.8. The molecule has 0 aliphatic carbocycles. The number of hydrogen-bond donors (Lipinski definition) is 1. The number of carbonyl (C=O) groups excluding carboxylic acids is 1. The molecule has 18 heavy (non-hydrogen) atoms. The summed E-state index contributed by atoms with van der Waals surface area (Å²) in [6.45, 7) is 2.61. The van der Waals surface area contributed by atoms with E-state index in [-0.39, 0.29) is 11.7 Å². The highest BCUT2D eigenvalue weighted by atomic mass is 19.1.